The summed E-state index contributed by atoms with van der Waals surface area (Å²) in [5, 5.41) is 27.7. The van der Waals surface area contributed by atoms with Gasteiger partial charge in [0.25, 0.3) is 11.4 Å². The van der Waals surface area contributed by atoms with Crippen molar-refractivity contribution in [2.75, 3.05) is 5.43 Å². The lowest BCUT2D eigenvalue weighted by molar-refractivity contribution is -0.385. The third-order valence-electron chi connectivity index (χ3n) is 4.89. The molecule has 0 heterocycles. The maximum Gasteiger partial charge on any atom is 0.343 e. The van der Waals surface area contributed by atoms with Crippen molar-refractivity contribution < 1.29 is 19.4 Å². The fourth-order valence-electron chi connectivity index (χ4n) is 3.23. The summed E-state index contributed by atoms with van der Waals surface area (Å²) < 4.78 is 5.56. The van der Waals surface area contributed by atoms with Crippen LogP contribution >= 0.6 is 0 Å². The number of benzene rings is 4. The first-order valence-electron chi connectivity index (χ1n) is 9.94. The van der Waals surface area contributed by atoms with Crippen LogP contribution in [-0.4, -0.2) is 22.0 Å². The van der Waals surface area contributed by atoms with Crippen LogP contribution in [0.1, 0.15) is 15.9 Å². The molecule has 0 aliphatic carbocycles. The monoisotopic (exact) mass is 456 g/mol. The van der Waals surface area contributed by atoms with E-state index in [4.69, 9.17) is 4.74 Å². The molecular formula is C24H16N4O6. The molecule has 0 aromatic heterocycles. The minimum atomic E-state index is -0.753. The van der Waals surface area contributed by atoms with E-state index in [9.17, 15) is 25.0 Å². The average Bonchev–Trinajstić information content (AvgIpc) is 2.85. The van der Waals surface area contributed by atoms with Crippen LogP contribution < -0.4 is 10.2 Å². The molecule has 34 heavy (non-hydrogen) atoms. The van der Waals surface area contributed by atoms with E-state index in [0.717, 1.165) is 16.8 Å². The van der Waals surface area contributed by atoms with E-state index in [1.165, 1.54) is 48.7 Å². The largest absolute Gasteiger partial charge is 0.422 e. The molecule has 0 atom stereocenters. The number of esters is 1. The molecule has 0 saturated carbocycles. The molecule has 0 bridgehead atoms. The molecule has 0 spiro atoms. The van der Waals surface area contributed by atoms with E-state index < -0.39 is 15.8 Å². The van der Waals surface area contributed by atoms with Crippen molar-refractivity contribution in [1.82, 2.24) is 0 Å². The molecule has 0 fully saturated rings. The summed E-state index contributed by atoms with van der Waals surface area (Å²) in [6.07, 6.45) is 1.47. The lowest BCUT2D eigenvalue weighted by Gasteiger charge is -2.10. The van der Waals surface area contributed by atoms with Crippen molar-refractivity contribution >= 4 is 40.0 Å². The highest BCUT2D eigenvalue weighted by Crippen LogP contribution is 2.28. The van der Waals surface area contributed by atoms with E-state index in [1.54, 1.807) is 12.1 Å². The number of fused-ring (bicyclic) bond motifs is 1. The number of non-ortho nitro benzene ring substituents is 2. The molecule has 0 saturated heterocycles. The van der Waals surface area contributed by atoms with E-state index in [0.29, 0.717) is 11.3 Å². The Morgan fingerprint density at radius 2 is 1.59 bits per heavy atom. The topological polar surface area (TPSA) is 137 Å². The first-order valence-corrected chi connectivity index (χ1v) is 9.94. The summed E-state index contributed by atoms with van der Waals surface area (Å²) in [4.78, 5) is 33.4. The van der Waals surface area contributed by atoms with Gasteiger partial charge in [-0.3, -0.25) is 25.7 Å². The zero-order valence-corrected chi connectivity index (χ0v) is 17.5. The second-order valence-electron chi connectivity index (χ2n) is 7.07. The Labute approximate surface area is 192 Å². The molecule has 0 unspecified atom stereocenters. The van der Waals surface area contributed by atoms with Crippen LogP contribution in [0, 0.1) is 20.2 Å². The molecule has 0 aliphatic rings. The predicted molar refractivity (Wildman–Crippen MR) is 126 cm³/mol. The van der Waals surface area contributed by atoms with Crippen molar-refractivity contribution in [3.63, 3.8) is 0 Å². The molecule has 168 valence electrons. The number of hydrogen-bond acceptors (Lipinski definition) is 8. The minimum absolute atomic E-state index is 0.0363. The Hall–Kier alpha value is -5.12. The summed E-state index contributed by atoms with van der Waals surface area (Å²) in [7, 11) is 0. The Bertz CT molecular complexity index is 1430. The van der Waals surface area contributed by atoms with E-state index >= 15 is 0 Å². The zero-order valence-electron chi connectivity index (χ0n) is 17.5. The molecule has 1 N–H and O–H groups in total. The van der Waals surface area contributed by atoms with Crippen LogP contribution in [0.5, 0.6) is 5.75 Å². The molecule has 4 rings (SSSR count). The fraction of sp³-hybridized carbons (Fsp3) is 0. The first-order chi connectivity index (χ1) is 16.4. The maximum absolute atomic E-state index is 12.7. The number of ether oxygens (including phenoxy) is 1. The number of hydrazone groups is 1. The van der Waals surface area contributed by atoms with Gasteiger partial charge in [0.15, 0.2) is 0 Å². The standard InChI is InChI=1S/C24H16N4O6/c29-24(17-5-3-6-20(14-17)28(32)33)34-23-13-8-16-4-1-2-7-21(16)22(23)15-25-26-18-9-11-19(12-10-18)27(30)31/h1-15,26H/b25-15+. The molecule has 0 radical (unpaired) electrons. The SMILES string of the molecule is O=C(Oc1ccc2ccccc2c1/C=N/Nc1ccc([N+](=O)[O-])cc1)c1cccc([N+](=O)[O-])c1. The summed E-state index contributed by atoms with van der Waals surface area (Å²) in [6, 6.07) is 21.8. The van der Waals surface area contributed by atoms with Gasteiger partial charge in [0, 0.05) is 29.8 Å². The molecule has 0 amide bonds. The van der Waals surface area contributed by atoms with Gasteiger partial charge in [-0.25, -0.2) is 4.79 Å². The van der Waals surface area contributed by atoms with Crippen molar-refractivity contribution in [3.05, 3.63) is 116 Å². The predicted octanol–water partition coefficient (Wildman–Crippen LogP) is 5.32. The summed E-state index contributed by atoms with van der Waals surface area (Å²) in [5.74, 6) is -0.540. The molecule has 4 aromatic carbocycles. The number of anilines is 1. The number of rotatable bonds is 7. The number of carbonyl (C=O) groups is 1. The van der Waals surface area contributed by atoms with Gasteiger partial charge in [-0.1, -0.05) is 36.4 Å². The van der Waals surface area contributed by atoms with Crippen LogP contribution in [0.3, 0.4) is 0 Å². The smallest absolute Gasteiger partial charge is 0.343 e. The quantitative estimate of drug-likeness (QED) is 0.131. The Balaban J connectivity index is 1.63. The van der Waals surface area contributed by atoms with Gasteiger partial charge >= 0.3 is 5.97 Å². The van der Waals surface area contributed by atoms with E-state index in [-0.39, 0.29) is 22.7 Å². The van der Waals surface area contributed by atoms with E-state index in [2.05, 4.69) is 10.5 Å². The van der Waals surface area contributed by atoms with Crippen LogP contribution in [-0.2, 0) is 0 Å². The van der Waals surface area contributed by atoms with Crippen molar-refractivity contribution in [1.29, 1.82) is 0 Å². The number of nitrogens with zero attached hydrogens (tertiary/aromatic N) is 3. The third kappa shape index (κ3) is 4.86. The van der Waals surface area contributed by atoms with Gasteiger partial charge in [-0.2, -0.15) is 5.10 Å². The van der Waals surface area contributed by atoms with Crippen LogP contribution in [0.4, 0.5) is 17.1 Å². The second-order valence-corrected chi connectivity index (χ2v) is 7.07. The fourth-order valence-corrected chi connectivity index (χ4v) is 3.23. The highest BCUT2D eigenvalue weighted by atomic mass is 16.6. The van der Waals surface area contributed by atoms with Crippen LogP contribution in [0.25, 0.3) is 10.8 Å². The van der Waals surface area contributed by atoms with Gasteiger partial charge in [-0.05, 0) is 35.0 Å². The van der Waals surface area contributed by atoms with Gasteiger partial charge in [0.2, 0.25) is 0 Å². The van der Waals surface area contributed by atoms with Crippen LogP contribution in [0.15, 0.2) is 90.0 Å². The molecule has 0 aliphatic heterocycles. The van der Waals surface area contributed by atoms with Crippen LogP contribution in [0.2, 0.25) is 0 Å². The Morgan fingerprint density at radius 3 is 2.32 bits per heavy atom. The van der Waals surface area contributed by atoms with Crippen molar-refractivity contribution in [2.24, 2.45) is 5.10 Å². The minimum Gasteiger partial charge on any atom is -0.422 e. The molecule has 10 heteroatoms. The maximum atomic E-state index is 12.7. The number of nitro benzene ring substituents is 2. The Morgan fingerprint density at radius 1 is 0.853 bits per heavy atom. The zero-order chi connectivity index (χ0) is 24.1. The average molecular weight is 456 g/mol. The number of nitrogens with one attached hydrogen (secondary N) is 1. The lowest BCUT2D eigenvalue weighted by atomic mass is 10.0. The summed E-state index contributed by atoms with van der Waals surface area (Å²) in [5.41, 5.74) is 3.59. The molecule has 10 nitrogen and oxygen atoms in total. The number of hydrogen-bond donors (Lipinski definition) is 1. The van der Waals surface area contributed by atoms with Gasteiger partial charge < -0.3 is 4.74 Å². The molecular weight excluding hydrogens is 440 g/mol. The first kappa shape index (κ1) is 22.1. The normalized spacial score (nSPS) is 10.8. The highest BCUT2D eigenvalue weighted by molar-refractivity contribution is 6.04. The number of nitro groups is 2. The summed E-state index contributed by atoms with van der Waals surface area (Å²) >= 11 is 0. The summed E-state index contributed by atoms with van der Waals surface area (Å²) in [6.45, 7) is 0. The highest BCUT2D eigenvalue weighted by Gasteiger charge is 2.16. The van der Waals surface area contributed by atoms with Crippen molar-refractivity contribution in [3.8, 4) is 5.75 Å². The number of carbonyl (C=O) groups excluding carboxylic acids is 1. The Kier molecular flexibility index (Phi) is 6.22. The van der Waals surface area contributed by atoms with Gasteiger partial charge in [-0.15, -0.1) is 0 Å². The second kappa shape index (κ2) is 9.57. The lowest BCUT2D eigenvalue weighted by Crippen LogP contribution is -2.10. The third-order valence-corrected chi connectivity index (χ3v) is 4.89. The molecule has 4 aromatic rings. The van der Waals surface area contributed by atoms with Crippen molar-refractivity contribution in [2.45, 2.75) is 0 Å². The van der Waals surface area contributed by atoms with Gasteiger partial charge in [0.1, 0.15) is 5.75 Å². The van der Waals surface area contributed by atoms with Gasteiger partial charge in [0.05, 0.1) is 27.3 Å². The van der Waals surface area contributed by atoms with E-state index in [1.807, 2.05) is 24.3 Å².